The van der Waals surface area contributed by atoms with E-state index in [1.807, 2.05) is 12.1 Å². The van der Waals surface area contributed by atoms with Crippen molar-refractivity contribution in [2.45, 2.75) is 62.8 Å². The second-order valence-electron chi connectivity index (χ2n) is 8.91. The first kappa shape index (κ1) is 20.8. The van der Waals surface area contributed by atoms with Crippen molar-refractivity contribution < 1.29 is 13.2 Å². The molecule has 0 spiro atoms. The highest BCUT2D eigenvalue weighted by Crippen LogP contribution is 2.28. The summed E-state index contributed by atoms with van der Waals surface area (Å²) >= 11 is 0. The van der Waals surface area contributed by atoms with Gasteiger partial charge in [-0.3, -0.25) is 0 Å². The first-order chi connectivity index (χ1) is 12.8. The van der Waals surface area contributed by atoms with Gasteiger partial charge in [-0.25, -0.2) is 8.42 Å². The van der Waals surface area contributed by atoms with E-state index in [4.69, 9.17) is 4.74 Å². The molecule has 2 fully saturated rings. The SMILES string of the molecule is CC(C)(C)c1ccc(S(=O)(=O)N(CC2CCOCC2)C2CCCNC2)cc1. The molecule has 0 saturated carbocycles. The van der Waals surface area contributed by atoms with Gasteiger partial charge in [-0.15, -0.1) is 0 Å². The Hall–Kier alpha value is -0.950. The Morgan fingerprint density at radius 3 is 2.33 bits per heavy atom. The number of nitrogens with one attached hydrogen (secondary N) is 1. The van der Waals surface area contributed by atoms with Gasteiger partial charge in [0, 0.05) is 32.3 Å². The number of ether oxygens (including phenoxy) is 1. The molecule has 1 aromatic carbocycles. The third-order valence-electron chi connectivity index (χ3n) is 5.78. The van der Waals surface area contributed by atoms with Crippen LogP contribution < -0.4 is 5.32 Å². The molecule has 0 radical (unpaired) electrons. The first-order valence-corrected chi connectivity index (χ1v) is 11.6. The average Bonchev–Trinajstić information content (AvgIpc) is 2.67. The Kier molecular flexibility index (Phi) is 6.62. The van der Waals surface area contributed by atoms with Crippen LogP contribution in [0.25, 0.3) is 0 Å². The van der Waals surface area contributed by atoms with Gasteiger partial charge in [0.1, 0.15) is 0 Å². The van der Waals surface area contributed by atoms with Gasteiger partial charge < -0.3 is 10.1 Å². The lowest BCUT2D eigenvalue weighted by atomic mass is 9.87. The summed E-state index contributed by atoms with van der Waals surface area (Å²) in [5, 5.41) is 3.37. The van der Waals surface area contributed by atoms with Gasteiger partial charge in [0.05, 0.1) is 4.90 Å². The molecule has 3 rings (SSSR count). The van der Waals surface area contributed by atoms with Crippen LogP contribution in [0.2, 0.25) is 0 Å². The van der Waals surface area contributed by atoms with Gasteiger partial charge in [-0.05, 0) is 61.3 Å². The lowest BCUT2D eigenvalue weighted by Crippen LogP contribution is -2.50. The van der Waals surface area contributed by atoms with Gasteiger partial charge >= 0.3 is 0 Å². The van der Waals surface area contributed by atoms with Crippen molar-refractivity contribution in [2.75, 3.05) is 32.8 Å². The van der Waals surface area contributed by atoms with Crippen molar-refractivity contribution in [1.29, 1.82) is 0 Å². The monoisotopic (exact) mass is 394 g/mol. The molecule has 0 amide bonds. The van der Waals surface area contributed by atoms with Crippen LogP contribution in [0.1, 0.15) is 52.0 Å². The van der Waals surface area contributed by atoms with Gasteiger partial charge in [0.25, 0.3) is 0 Å². The molecule has 27 heavy (non-hydrogen) atoms. The fourth-order valence-electron chi connectivity index (χ4n) is 3.97. The molecular formula is C21H34N2O3S. The number of hydrogen-bond donors (Lipinski definition) is 1. The molecule has 2 aliphatic rings. The van der Waals surface area contributed by atoms with E-state index in [-0.39, 0.29) is 11.5 Å². The highest BCUT2D eigenvalue weighted by molar-refractivity contribution is 7.89. The van der Waals surface area contributed by atoms with Crippen LogP contribution in [0.5, 0.6) is 0 Å². The molecular weight excluding hydrogens is 360 g/mol. The zero-order valence-corrected chi connectivity index (χ0v) is 17.7. The maximum Gasteiger partial charge on any atom is 0.243 e. The molecule has 1 aromatic rings. The number of nitrogens with zero attached hydrogens (tertiary/aromatic N) is 1. The number of hydrogen-bond acceptors (Lipinski definition) is 4. The zero-order valence-electron chi connectivity index (χ0n) is 16.9. The molecule has 2 aliphatic heterocycles. The predicted molar refractivity (Wildman–Crippen MR) is 108 cm³/mol. The fraction of sp³-hybridized carbons (Fsp3) is 0.714. The Morgan fingerprint density at radius 2 is 1.78 bits per heavy atom. The van der Waals surface area contributed by atoms with Crippen molar-refractivity contribution >= 4 is 10.0 Å². The van der Waals surface area contributed by atoms with E-state index < -0.39 is 10.0 Å². The summed E-state index contributed by atoms with van der Waals surface area (Å²) in [5.41, 5.74) is 1.16. The Morgan fingerprint density at radius 1 is 1.11 bits per heavy atom. The minimum atomic E-state index is -3.51. The second-order valence-corrected chi connectivity index (χ2v) is 10.8. The van der Waals surface area contributed by atoms with Crippen molar-refractivity contribution in [3.05, 3.63) is 29.8 Å². The Bertz CT molecular complexity index is 698. The van der Waals surface area contributed by atoms with Gasteiger partial charge in [0.15, 0.2) is 0 Å². The molecule has 2 saturated heterocycles. The van der Waals surface area contributed by atoms with Gasteiger partial charge in [-0.1, -0.05) is 32.9 Å². The van der Waals surface area contributed by atoms with E-state index in [9.17, 15) is 8.42 Å². The summed E-state index contributed by atoms with van der Waals surface area (Å²) in [4.78, 5) is 0.410. The third-order valence-corrected chi connectivity index (χ3v) is 7.72. The number of rotatable bonds is 5. The van der Waals surface area contributed by atoms with E-state index in [1.165, 1.54) is 0 Å². The Labute approximate surface area is 164 Å². The van der Waals surface area contributed by atoms with E-state index in [0.717, 1.165) is 57.6 Å². The highest BCUT2D eigenvalue weighted by atomic mass is 32.2. The van der Waals surface area contributed by atoms with Crippen LogP contribution in [-0.4, -0.2) is 51.6 Å². The van der Waals surface area contributed by atoms with Crippen molar-refractivity contribution in [2.24, 2.45) is 5.92 Å². The predicted octanol–water partition coefficient (Wildman–Crippen LogP) is 3.15. The van der Waals surface area contributed by atoms with E-state index >= 15 is 0 Å². The summed E-state index contributed by atoms with van der Waals surface area (Å²) < 4.78 is 34.3. The minimum Gasteiger partial charge on any atom is -0.381 e. The lowest BCUT2D eigenvalue weighted by molar-refractivity contribution is 0.0566. The number of piperidine rings is 1. The largest absolute Gasteiger partial charge is 0.381 e. The lowest BCUT2D eigenvalue weighted by Gasteiger charge is -2.37. The molecule has 0 aromatic heterocycles. The number of benzene rings is 1. The zero-order chi connectivity index (χ0) is 19.5. The molecule has 5 nitrogen and oxygen atoms in total. The van der Waals surface area contributed by atoms with E-state index in [0.29, 0.717) is 17.4 Å². The summed E-state index contributed by atoms with van der Waals surface area (Å²) in [6, 6.07) is 7.51. The molecule has 2 heterocycles. The van der Waals surface area contributed by atoms with Crippen LogP contribution in [0.4, 0.5) is 0 Å². The molecule has 1 atom stereocenters. The maximum absolute atomic E-state index is 13.5. The van der Waals surface area contributed by atoms with Crippen LogP contribution in [-0.2, 0) is 20.2 Å². The van der Waals surface area contributed by atoms with Crippen LogP contribution in [0, 0.1) is 5.92 Å². The fourth-order valence-corrected chi connectivity index (χ4v) is 5.70. The van der Waals surface area contributed by atoms with Crippen molar-refractivity contribution in [3.63, 3.8) is 0 Å². The normalized spacial score (nSPS) is 22.9. The maximum atomic E-state index is 13.5. The van der Waals surface area contributed by atoms with E-state index in [1.54, 1.807) is 16.4 Å². The van der Waals surface area contributed by atoms with Crippen LogP contribution in [0.3, 0.4) is 0 Å². The summed E-state index contributed by atoms with van der Waals surface area (Å²) in [6.07, 6.45) is 3.83. The molecule has 0 bridgehead atoms. The molecule has 1 unspecified atom stereocenters. The summed E-state index contributed by atoms with van der Waals surface area (Å²) in [5.74, 6) is 0.379. The third kappa shape index (κ3) is 5.11. The van der Waals surface area contributed by atoms with Gasteiger partial charge in [0.2, 0.25) is 10.0 Å². The minimum absolute atomic E-state index is 0.0113. The molecule has 6 heteroatoms. The number of sulfonamides is 1. The van der Waals surface area contributed by atoms with Crippen LogP contribution in [0.15, 0.2) is 29.2 Å². The van der Waals surface area contributed by atoms with E-state index in [2.05, 4.69) is 26.1 Å². The highest BCUT2D eigenvalue weighted by Gasteiger charge is 2.34. The molecule has 0 aliphatic carbocycles. The summed E-state index contributed by atoms with van der Waals surface area (Å²) in [6.45, 7) is 10.2. The average molecular weight is 395 g/mol. The topological polar surface area (TPSA) is 58.6 Å². The standard InChI is InChI=1S/C21H34N2O3S/c1-21(2,3)18-6-8-20(9-7-18)27(24,25)23(19-5-4-12-22-15-19)16-17-10-13-26-14-11-17/h6-9,17,19,22H,4-5,10-16H2,1-3H3. The second kappa shape index (κ2) is 8.60. The first-order valence-electron chi connectivity index (χ1n) is 10.2. The molecule has 1 N–H and O–H groups in total. The smallest absolute Gasteiger partial charge is 0.243 e. The van der Waals surface area contributed by atoms with Crippen molar-refractivity contribution in [1.82, 2.24) is 9.62 Å². The Balaban J connectivity index is 1.86. The van der Waals surface area contributed by atoms with Gasteiger partial charge in [-0.2, -0.15) is 4.31 Å². The van der Waals surface area contributed by atoms with Crippen molar-refractivity contribution in [3.8, 4) is 0 Å². The van der Waals surface area contributed by atoms with Crippen LogP contribution >= 0.6 is 0 Å². The summed E-state index contributed by atoms with van der Waals surface area (Å²) in [7, 11) is -3.51. The molecule has 152 valence electrons. The quantitative estimate of drug-likeness (QED) is 0.833.